The Kier molecular flexibility index (Phi) is 11.1. The van der Waals surface area contributed by atoms with Crippen LogP contribution in [0.3, 0.4) is 0 Å². The molecule has 1 aliphatic heterocycles. The van der Waals surface area contributed by atoms with Crippen molar-refractivity contribution in [2.75, 3.05) is 11.3 Å². The van der Waals surface area contributed by atoms with Crippen molar-refractivity contribution in [1.82, 2.24) is 5.32 Å². The summed E-state index contributed by atoms with van der Waals surface area (Å²) in [5.41, 5.74) is 0.882. The molecule has 192 valence electrons. The molecule has 0 radical (unpaired) electrons. The zero-order chi connectivity index (χ0) is 26.7. The Morgan fingerprint density at radius 1 is 1.17 bits per heavy atom. The molecule has 2 N–H and O–H groups in total. The van der Waals surface area contributed by atoms with E-state index in [1.165, 1.54) is 31.2 Å². The SMILES string of the molecule is CC.CC(/C=C\C=C1/CN=CC=N1)S(=O)(=O)Nc1cc(Br)ccc1C(=O)NCc1ccc(F)cc1F. The van der Waals surface area contributed by atoms with E-state index in [-0.39, 0.29) is 23.4 Å². The van der Waals surface area contributed by atoms with Crippen molar-refractivity contribution in [3.8, 4) is 0 Å². The molecule has 0 bridgehead atoms. The normalized spacial score (nSPS) is 14.9. The number of hydrogen-bond donors (Lipinski definition) is 2. The minimum absolute atomic E-state index is 0.0435. The number of nitrogens with one attached hydrogen (secondary N) is 2. The molecule has 11 heteroatoms. The van der Waals surface area contributed by atoms with Crippen molar-refractivity contribution >= 4 is 50.0 Å². The highest BCUT2D eigenvalue weighted by atomic mass is 79.9. The summed E-state index contributed by atoms with van der Waals surface area (Å²) in [7, 11) is -3.90. The molecule has 7 nitrogen and oxygen atoms in total. The highest BCUT2D eigenvalue weighted by Crippen LogP contribution is 2.24. The third-order valence-electron chi connectivity index (χ3n) is 4.76. The first kappa shape index (κ1) is 29.1. The van der Waals surface area contributed by atoms with Crippen molar-refractivity contribution in [3.05, 3.63) is 87.6 Å². The van der Waals surface area contributed by atoms with Gasteiger partial charge in [-0.3, -0.25) is 19.5 Å². The smallest absolute Gasteiger partial charge is 0.253 e. The molecule has 0 fully saturated rings. The monoisotopic (exact) mass is 580 g/mol. The van der Waals surface area contributed by atoms with E-state index >= 15 is 0 Å². The third-order valence-corrected chi connectivity index (χ3v) is 6.89. The van der Waals surface area contributed by atoms with Gasteiger partial charge in [-0.2, -0.15) is 0 Å². The predicted molar refractivity (Wildman–Crippen MR) is 144 cm³/mol. The van der Waals surface area contributed by atoms with Crippen molar-refractivity contribution in [1.29, 1.82) is 0 Å². The Morgan fingerprint density at radius 3 is 2.58 bits per heavy atom. The standard InChI is InChI=1S/C23H21BrF2N4O3S.C2H6/c1-15(3-2-4-19-14-27-9-10-28-19)34(32,33)30-22-11-17(24)6-8-20(22)23(31)29-13-16-5-7-18(25)12-21(16)26;1-2/h2-12,15,30H,13-14H2,1H3,(H,29,31);1-2H3/b3-2-,19-4+;. The first-order valence-electron chi connectivity index (χ1n) is 11.1. The summed E-state index contributed by atoms with van der Waals surface area (Å²) >= 11 is 3.27. The van der Waals surface area contributed by atoms with Gasteiger partial charge in [0, 0.05) is 35.1 Å². The van der Waals surface area contributed by atoms with Crippen LogP contribution in [0.2, 0.25) is 0 Å². The summed E-state index contributed by atoms with van der Waals surface area (Å²) in [6.45, 7) is 5.71. The Morgan fingerprint density at radius 2 is 1.92 bits per heavy atom. The predicted octanol–water partition coefficient (Wildman–Crippen LogP) is 5.41. The summed E-state index contributed by atoms with van der Waals surface area (Å²) in [5.74, 6) is -2.15. The van der Waals surface area contributed by atoms with E-state index in [4.69, 9.17) is 0 Å². The number of carbonyl (C=O) groups is 1. The van der Waals surface area contributed by atoms with E-state index in [0.717, 1.165) is 12.1 Å². The molecule has 36 heavy (non-hydrogen) atoms. The molecule has 0 spiro atoms. The fraction of sp³-hybridized carbons (Fsp3) is 0.240. The minimum atomic E-state index is -3.90. The van der Waals surface area contributed by atoms with Gasteiger partial charge >= 0.3 is 0 Å². The van der Waals surface area contributed by atoms with Crippen molar-refractivity contribution in [2.24, 2.45) is 9.98 Å². The number of rotatable bonds is 8. The molecule has 0 aliphatic carbocycles. The molecule has 1 heterocycles. The molecular formula is C25H27BrF2N4O3S. The van der Waals surface area contributed by atoms with Crippen LogP contribution in [0, 0.1) is 11.6 Å². The van der Waals surface area contributed by atoms with Crippen LogP contribution in [-0.2, 0) is 16.6 Å². The average Bonchev–Trinajstić information content (AvgIpc) is 2.85. The average molecular weight is 581 g/mol. The summed E-state index contributed by atoms with van der Waals surface area (Å²) in [6.07, 6.45) is 7.88. The molecule has 3 rings (SSSR count). The maximum Gasteiger partial charge on any atom is 0.253 e. The Labute approximate surface area is 218 Å². The fourth-order valence-corrected chi connectivity index (χ4v) is 4.19. The van der Waals surface area contributed by atoms with Gasteiger partial charge in [-0.1, -0.05) is 48.0 Å². The zero-order valence-corrected chi connectivity index (χ0v) is 22.4. The number of sulfonamides is 1. The molecule has 0 saturated heterocycles. The van der Waals surface area contributed by atoms with Gasteiger partial charge in [0.15, 0.2) is 0 Å². The number of nitrogens with zero attached hydrogens (tertiary/aromatic N) is 2. The van der Waals surface area contributed by atoms with Crippen LogP contribution < -0.4 is 10.0 Å². The highest BCUT2D eigenvalue weighted by molar-refractivity contribution is 9.10. The number of amides is 1. The topological polar surface area (TPSA) is 100.0 Å². The molecule has 0 saturated carbocycles. The van der Waals surface area contributed by atoms with E-state index in [9.17, 15) is 22.0 Å². The maximum absolute atomic E-state index is 13.9. The quantitative estimate of drug-likeness (QED) is 0.436. The van der Waals surface area contributed by atoms with Gasteiger partial charge in [0.2, 0.25) is 10.0 Å². The number of anilines is 1. The van der Waals surface area contributed by atoms with Crippen molar-refractivity contribution in [2.45, 2.75) is 32.6 Å². The molecular weight excluding hydrogens is 554 g/mol. The van der Waals surface area contributed by atoms with Crippen LogP contribution in [0.15, 0.2) is 74.8 Å². The fourth-order valence-electron chi connectivity index (χ4n) is 2.87. The van der Waals surface area contributed by atoms with E-state index in [2.05, 4.69) is 36.0 Å². The van der Waals surface area contributed by atoms with Gasteiger partial charge in [0.05, 0.1) is 28.7 Å². The Hall–Kier alpha value is -3.18. The van der Waals surface area contributed by atoms with Crippen molar-refractivity contribution in [3.63, 3.8) is 0 Å². The van der Waals surface area contributed by atoms with Crippen LogP contribution in [0.5, 0.6) is 0 Å². The number of allylic oxidation sites excluding steroid dienone is 2. The Bertz CT molecular complexity index is 1310. The van der Waals surface area contributed by atoms with Gasteiger partial charge in [0.25, 0.3) is 5.91 Å². The van der Waals surface area contributed by atoms with Gasteiger partial charge in [-0.15, -0.1) is 0 Å². The van der Waals surface area contributed by atoms with Gasteiger partial charge < -0.3 is 5.32 Å². The lowest BCUT2D eigenvalue weighted by atomic mass is 10.1. The number of hydrogen-bond acceptors (Lipinski definition) is 5. The van der Waals surface area contributed by atoms with Crippen LogP contribution in [0.4, 0.5) is 14.5 Å². The molecule has 2 aromatic carbocycles. The third kappa shape index (κ3) is 8.49. The Balaban J connectivity index is 0.00000222. The van der Waals surface area contributed by atoms with Crippen LogP contribution in [0.1, 0.15) is 36.7 Å². The summed E-state index contributed by atoms with van der Waals surface area (Å²) < 4.78 is 55.6. The van der Waals surface area contributed by atoms with Crippen LogP contribution >= 0.6 is 15.9 Å². The molecule has 1 atom stereocenters. The second-order valence-electron chi connectivity index (χ2n) is 7.27. The first-order valence-corrected chi connectivity index (χ1v) is 13.4. The summed E-state index contributed by atoms with van der Waals surface area (Å²) in [6, 6.07) is 7.50. The van der Waals surface area contributed by atoms with Crippen LogP contribution in [0.25, 0.3) is 0 Å². The molecule has 1 amide bonds. The van der Waals surface area contributed by atoms with E-state index in [0.29, 0.717) is 16.7 Å². The number of halogens is 3. The number of carbonyl (C=O) groups excluding carboxylic acids is 1. The summed E-state index contributed by atoms with van der Waals surface area (Å²) in [4.78, 5) is 20.9. The van der Waals surface area contributed by atoms with Crippen molar-refractivity contribution < 1.29 is 22.0 Å². The lowest BCUT2D eigenvalue weighted by Gasteiger charge is -2.16. The summed E-state index contributed by atoms with van der Waals surface area (Å²) in [5, 5.41) is 1.60. The maximum atomic E-state index is 13.9. The number of aliphatic imine (C=N–C) groups is 2. The molecule has 1 aliphatic rings. The van der Waals surface area contributed by atoms with E-state index in [1.54, 1.807) is 30.6 Å². The molecule has 1 unspecified atom stereocenters. The second kappa shape index (κ2) is 13.8. The lowest BCUT2D eigenvalue weighted by Crippen LogP contribution is -2.28. The first-order chi connectivity index (χ1) is 17.2. The zero-order valence-electron chi connectivity index (χ0n) is 20.0. The molecule has 0 aromatic heterocycles. The highest BCUT2D eigenvalue weighted by Gasteiger charge is 2.22. The van der Waals surface area contributed by atoms with Crippen LogP contribution in [-0.4, -0.2) is 38.5 Å². The van der Waals surface area contributed by atoms with Gasteiger partial charge in [0.1, 0.15) is 11.6 Å². The molecule has 2 aromatic rings. The van der Waals surface area contributed by atoms with Gasteiger partial charge in [-0.25, -0.2) is 17.2 Å². The number of benzene rings is 2. The minimum Gasteiger partial charge on any atom is -0.348 e. The van der Waals surface area contributed by atoms with Gasteiger partial charge in [-0.05, 0) is 37.3 Å². The largest absolute Gasteiger partial charge is 0.348 e. The second-order valence-corrected chi connectivity index (χ2v) is 10.2. The van der Waals surface area contributed by atoms with E-state index in [1.807, 2.05) is 13.8 Å². The lowest BCUT2D eigenvalue weighted by molar-refractivity contribution is 0.0951. The van der Waals surface area contributed by atoms with E-state index < -0.39 is 32.8 Å².